The third kappa shape index (κ3) is 3.35. The summed E-state index contributed by atoms with van der Waals surface area (Å²) in [6.45, 7) is 9.48. The van der Waals surface area contributed by atoms with Gasteiger partial charge in [0.2, 0.25) is 0 Å². The molecule has 0 unspecified atom stereocenters. The summed E-state index contributed by atoms with van der Waals surface area (Å²) in [5, 5.41) is 5.99. The topological polar surface area (TPSA) is 62.8 Å². The third-order valence-corrected chi connectivity index (χ3v) is 5.48. The standard InChI is InChI=1S/C22H27N3O3/c1-4-25(5-2)16-6-7-18(14(3)12-16)23-22(26)24-20-17-9-11-27-19(17)13-15-8-10-28-21(15)20/h6-7,12-13H,4-5,8-11H2,1-3H3,(H2,23,24,26). The number of amides is 2. The molecule has 28 heavy (non-hydrogen) atoms. The van der Waals surface area contributed by atoms with E-state index < -0.39 is 0 Å². The molecule has 0 aromatic heterocycles. The van der Waals surface area contributed by atoms with Crippen molar-refractivity contribution in [3.05, 3.63) is 41.0 Å². The van der Waals surface area contributed by atoms with Crippen LogP contribution in [0.15, 0.2) is 24.3 Å². The van der Waals surface area contributed by atoms with Gasteiger partial charge in [-0.25, -0.2) is 4.79 Å². The number of fused-ring (bicyclic) bond motifs is 2. The van der Waals surface area contributed by atoms with Crippen molar-refractivity contribution in [3.8, 4) is 11.5 Å². The Morgan fingerprint density at radius 1 is 1.07 bits per heavy atom. The van der Waals surface area contributed by atoms with Crippen molar-refractivity contribution in [2.45, 2.75) is 33.6 Å². The number of urea groups is 1. The zero-order valence-corrected chi connectivity index (χ0v) is 16.7. The van der Waals surface area contributed by atoms with Crippen LogP contribution < -0.4 is 25.0 Å². The van der Waals surface area contributed by atoms with Crippen molar-refractivity contribution in [1.29, 1.82) is 0 Å². The molecule has 2 aliphatic rings. The maximum Gasteiger partial charge on any atom is 0.323 e. The normalized spacial score (nSPS) is 14.0. The van der Waals surface area contributed by atoms with E-state index in [-0.39, 0.29) is 6.03 Å². The fraction of sp³-hybridized carbons (Fsp3) is 0.409. The second-order valence-electron chi connectivity index (χ2n) is 7.16. The number of anilines is 3. The van der Waals surface area contributed by atoms with Crippen molar-refractivity contribution in [2.24, 2.45) is 0 Å². The lowest BCUT2D eigenvalue weighted by Gasteiger charge is -2.22. The van der Waals surface area contributed by atoms with Gasteiger partial charge in [0, 0.05) is 48.4 Å². The predicted octanol–water partition coefficient (Wildman–Crippen LogP) is 4.36. The van der Waals surface area contributed by atoms with Crippen molar-refractivity contribution >= 4 is 23.1 Å². The monoisotopic (exact) mass is 381 g/mol. The van der Waals surface area contributed by atoms with Crippen LogP contribution in [-0.4, -0.2) is 32.3 Å². The number of nitrogens with zero attached hydrogens (tertiary/aromatic N) is 1. The Balaban J connectivity index is 1.53. The Morgan fingerprint density at radius 2 is 1.86 bits per heavy atom. The number of rotatable bonds is 5. The molecule has 0 saturated heterocycles. The molecule has 2 aromatic rings. The first-order valence-electron chi connectivity index (χ1n) is 9.98. The molecule has 148 valence electrons. The molecule has 2 aromatic carbocycles. The number of benzene rings is 2. The molecule has 2 N–H and O–H groups in total. The lowest BCUT2D eigenvalue weighted by molar-refractivity contribution is 0.262. The van der Waals surface area contributed by atoms with Gasteiger partial charge in [0.15, 0.2) is 0 Å². The van der Waals surface area contributed by atoms with Gasteiger partial charge in [-0.15, -0.1) is 0 Å². The molecular weight excluding hydrogens is 354 g/mol. The van der Waals surface area contributed by atoms with Crippen molar-refractivity contribution in [2.75, 3.05) is 41.8 Å². The van der Waals surface area contributed by atoms with Gasteiger partial charge in [0.05, 0.1) is 18.9 Å². The average molecular weight is 381 g/mol. The number of nitrogens with one attached hydrogen (secondary N) is 2. The van der Waals surface area contributed by atoms with Crippen molar-refractivity contribution < 1.29 is 14.3 Å². The summed E-state index contributed by atoms with van der Waals surface area (Å²) in [6, 6.07) is 7.89. The molecule has 6 nitrogen and oxygen atoms in total. The van der Waals surface area contributed by atoms with E-state index in [1.807, 2.05) is 25.1 Å². The van der Waals surface area contributed by atoms with Crippen molar-refractivity contribution in [3.63, 3.8) is 0 Å². The Bertz CT molecular complexity index is 874. The van der Waals surface area contributed by atoms with Crippen LogP contribution in [-0.2, 0) is 12.8 Å². The molecule has 6 heteroatoms. The molecule has 0 radical (unpaired) electrons. The first-order valence-corrected chi connectivity index (χ1v) is 9.98. The highest BCUT2D eigenvalue weighted by atomic mass is 16.5. The molecule has 0 bridgehead atoms. The minimum Gasteiger partial charge on any atom is -0.493 e. The summed E-state index contributed by atoms with van der Waals surface area (Å²) in [7, 11) is 0. The largest absolute Gasteiger partial charge is 0.493 e. The van der Waals surface area contributed by atoms with Gasteiger partial charge in [0.25, 0.3) is 0 Å². The smallest absolute Gasteiger partial charge is 0.323 e. The molecule has 0 fully saturated rings. The Labute approximate surface area is 165 Å². The zero-order chi connectivity index (χ0) is 19.7. The first kappa shape index (κ1) is 18.5. The minimum atomic E-state index is -0.267. The average Bonchev–Trinajstić information content (AvgIpc) is 3.34. The van der Waals surface area contributed by atoms with Crippen LogP contribution in [0.3, 0.4) is 0 Å². The highest BCUT2D eigenvalue weighted by molar-refractivity contribution is 6.02. The second-order valence-corrected chi connectivity index (χ2v) is 7.16. The first-order chi connectivity index (χ1) is 13.6. The molecule has 4 rings (SSSR count). The van der Waals surface area contributed by atoms with Gasteiger partial charge in [0.1, 0.15) is 11.5 Å². The maximum absolute atomic E-state index is 12.7. The highest BCUT2D eigenvalue weighted by Crippen LogP contribution is 2.44. The van der Waals surface area contributed by atoms with E-state index in [9.17, 15) is 4.79 Å². The summed E-state index contributed by atoms with van der Waals surface area (Å²) in [5.41, 5.74) is 5.85. The third-order valence-electron chi connectivity index (χ3n) is 5.48. The summed E-state index contributed by atoms with van der Waals surface area (Å²) in [5.74, 6) is 1.65. The van der Waals surface area contributed by atoms with Crippen LogP contribution in [0.2, 0.25) is 0 Å². The summed E-state index contributed by atoms with van der Waals surface area (Å²) in [4.78, 5) is 15.0. The van der Waals surface area contributed by atoms with Gasteiger partial charge >= 0.3 is 6.03 Å². The molecule has 0 spiro atoms. The maximum atomic E-state index is 12.7. The van der Waals surface area contributed by atoms with E-state index in [4.69, 9.17) is 9.47 Å². The van der Waals surface area contributed by atoms with Gasteiger partial charge < -0.3 is 25.0 Å². The predicted molar refractivity (Wildman–Crippen MR) is 112 cm³/mol. The summed E-state index contributed by atoms with van der Waals surface area (Å²) < 4.78 is 11.5. The quantitative estimate of drug-likeness (QED) is 0.808. The van der Waals surface area contributed by atoms with Crippen LogP contribution in [0.1, 0.15) is 30.5 Å². The van der Waals surface area contributed by atoms with Gasteiger partial charge in [-0.1, -0.05) is 0 Å². The minimum absolute atomic E-state index is 0.267. The number of hydrogen-bond donors (Lipinski definition) is 2. The van der Waals surface area contributed by atoms with E-state index in [1.54, 1.807) is 0 Å². The number of hydrogen-bond acceptors (Lipinski definition) is 4. The molecule has 0 atom stereocenters. The fourth-order valence-electron chi connectivity index (χ4n) is 3.96. The van der Waals surface area contributed by atoms with E-state index in [2.05, 4.69) is 35.4 Å². The van der Waals surface area contributed by atoms with Crippen LogP contribution in [0.5, 0.6) is 11.5 Å². The molecule has 0 saturated carbocycles. The Hall–Kier alpha value is -2.89. The molecule has 2 amide bonds. The van der Waals surface area contributed by atoms with Gasteiger partial charge in [-0.05, 0) is 50.6 Å². The molecular formula is C22H27N3O3. The molecule has 2 heterocycles. The van der Waals surface area contributed by atoms with E-state index in [0.717, 1.165) is 71.2 Å². The second kappa shape index (κ2) is 7.62. The Kier molecular flexibility index (Phi) is 5.03. The van der Waals surface area contributed by atoms with Crippen LogP contribution in [0.25, 0.3) is 0 Å². The lowest BCUT2D eigenvalue weighted by Crippen LogP contribution is -2.23. The van der Waals surface area contributed by atoms with Gasteiger partial charge in [-0.2, -0.15) is 0 Å². The zero-order valence-electron chi connectivity index (χ0n) is 16.7. The van der Waals surface area contributed by atoms with Crippen LogP contribution in [0.4, 0.5) is 21.9 Å². The number of carbonyl (C=O) groups is 1. The van der Waals surface area contributed by atoms with E-state index >= 15 is 0 Å². The number of ether oxygens (including phenoxy) is 2. The SMILES string of the molecule is CCN(CC)c1ccc(NC(=O)Nc2c3c(cc4c2OCC4)OCC3)c(C)c1. The summed E-state index contributed by atoms with van der Waals surface area (Å²) >= 11 is 0. The van der Waals surface area contributed by atoms with E-state index in [1.165, 1.54) is 0 Å². The van der Waals surface area contributed by atoms with Gasteiger partial charge in [-0.3, -0.25) is 0 Å². The number of carbonyl (C=O) groups excluding carboxylic acids is 1. The fourth-order valence-corrected chi connectivity index (χ4v) is 3.96. The van der Waals surface area contributed by atoms with Crippen LogP contribution in [0, 0.1) is 6.92 Å². The Morgan fingerprint density at radius 3 is 2.61 bits per heavy atom. The summed E-state index contributed by atoms with van der Waals surface area (Å²) in [6.07, 6.45) is 1.62. The molecule has 0 aliphatic carbocycles. The highest BCUT2D eigenvalue weighted by Gasteiger charge is 2.27. The van der Waals surface area contributed by atoms with E-state index in [0.29, 0.717) is 13.2 Å². The van der Waals surface area contributed by atoms with Crippen molar-refractivity contribution in [1.82, 2.24) is 0 Å². The lowest BCUT2D eigenvalue weighted by atomic mass is 10.0. The molecule has 2 aliphatic heterocycles. The van der Waals surface area contributed by atoms with Crippen LogP contribution >= 0.6 is 0 Å². The number of aryl methyl sites for hydroxylation is 1.